The number of nitrogens with one attached hydrogen (secondary N) is 1. The molecular formula is C10H12N2O7. The van der Waals surface area contributed by atoms with Crippen molar-refractivity contribution in [3.05, 3.63) is 32.6 Å². The minimum Gasteiger partial charge on any atom is -0.394 e. The molecule has 3 rings (SSSR count). The monoisotopic (exact) mass is 272 g/mol. The second kappa shape index (κ2) is 3.99. The molecule has 1 aromatic heterocycles. The molecule has 3 heterocycles. The van der Waals surface area contributed by atoms with Gasteiger partial charge in [-0.25, -0.2) is 9.36 Å². The maximum Gasteiger partial charge on any atom is 0.332 e. The number of aliphatic hydroxyl groups is 3. The molecular weight excluding hydrogens is 260 g/mol. The van der Waals surface area contributed by atoms with Crippen molar-refractivity contribution < 1.29 is 24.8 Å². The predicted molar refractivity (Wildman–Crippen MR) is 58.1 cm³/mol. The summed E-state index contributed by atoms with van der Waals surface area (Å²) in [6, 6.07) is 1.14. The fourth-order valence-electron chi connectivity index (χ4n) is 2.46. The zero-order valence-electron chi connectivity index (χ0n) is 9.65. The number of aliphatic hydroxyl groups excluding tert-OH is 3. The topological polar surface area (TPSA) is 134 Å². The van der Waals surface area contributed by atoms with Crippen molar-refractivity contribution in [1.82, 2.24) is 9.55 Å². The molecule has 0 amide bonds. The maximum absolute atomic E-state index is 11.8. The quantitative estimate of drug-likeness (QED) is 0.422. The first-order valence-electron chi connectivity index (χ1n) is 5.64. The van der Waals surface area contributed by atoms with Crippen LogP contribution in [0.3, 0.4) is 0 Å². The fraction of sp³-hybridized carbons (Fsp3) is 0.600. The molecule has 1 saturated heterocycles. The first kappa shape index (κ1) is 12.5. The van der Waals surface area contributed by atoms with E-state index in [1.165, 1.54) is 0 Å². The van der Waals surface area contributed by atoms with Crippen molar-refractivity contribution >= 4 is 0 Å². The molecule has 1 aromatic rings. The zero-order chi connectivity index (χ0) is 13.8. The summed E-state index contributed by atoms with van der Waals surface area (Å²) in [7, 11) is 0. The van der Waals surface area contributed by atoms with Crippen LogP contribution in [0, 0.1) is 0 Å². The van der Waals surface area contributed by atoms with Crippen LogP contribution >= 0.6 is 0 Å². The van der Waals surface area contributed by atoms with Crippen molar-refractivity contribution in [3.63, 3.8) is 0 Å². The van der Waals surface area contributed by atoms with E-state index in [0.29, 0.717) is 0 Å². The Bertz CT molecular complexity index is 623. The molecule has 2 aliphatic heterocycles. The lowest BCUT2D eigenvalue weighted by Crippen LogP contribution is -2.50. The van der Waals surface area contributed by atoms with Crippen LogP contribution in [0.15, 0.2) is 15.7 Å². The maximum atomic E-state index is 11.8. The van der Waals surface area contributed by atoms with E-state index in [0.717, 1.165) is 10.6 Å². The van der Waals surface area contributed by atoms with Gasteiger partial charge in [0.25, 0.3) is 11.5 Å². The highest BCUT2D eigenvalue weighted by Crippen LogP contribution is 2.40. The Morgan fingerprint density at radius 3 is 2.84 bits per heavy atom. The Hall–Kier alpha value is -1.52. The summed E-state index contributed by atoms with van der Waals surface area (Å²) in [5.74, 6) is -1.91. The molecule has 1 fully saturated rings. The number of aromatic amines is 1. The number of H-pyrrole nitrogens is 1. The van der Waals surface area contributed by atoms with Gasteiger partial charge in [0.05, 0.1) is 18.9 Å². The van der Waals surface area contributed by atoms with Gasteiger partial charge in [0, 0.05) is 6.07 Å². The summed E-state index contributed by atoms with van der Waals surface area (Å²) in [5, 5.41) is 28.8. The number of aromatic nitrogens is 2. The third-order valence-electron chi connectivity index (χ3n) is 3.34. The largest absolute Gasteiger partial charge is 0.394 e. The number of nitrogens with zero attached hydrogens (tertiary/aromatic N) is 1. The van der Waals surface area contributed by atoms with Crippen LogP contribution in [0.4, 0.5) is 0 Å². The van der Waals surface area contributed by atoms with E-state index >= 15 is 0 Å². The third kappa shape index (κ3) is 1.53. The molecule has 4 atom stereocenters. The highest BCUT2D eigenvalue weighted by atomic mass is 16.8. The number of fused-ring (bicyclic) bond motifs is 2. The van der Waals surface area contributed by atoms with Gasteiger partial charge in [-0.05, 0) is 0 Å². The summed E-state index contributed by atoms with van der Waals surface area (Å²) in [4.78, 5) is 25.1. The Kier molecular flexibility index (Phi) is 2.62. The number of rotatable bonds is 1. The summed E-state index contributed by atoms with van der Waals surface area (Å²) in [5.41, 5.74) is -1.19. The fourth-order valence-corrected chi connectivity index (χ4v) is 2.46. The minimum absolute atomic E-state index is 0.124. The number of hydrogen-bond acceptors (Lipinski definition) is 7. The van der Waals surface area contributed by atoms with Gasteiger partial charge < -0.3 is 24.8 Å². The summed E-state index contributed by atoms with van der Waals surface area (Å²) >= 11 is 0. The molecule has 19 heavy (non-hydrogen) atoms. The van der Waals surface area contributed by atoms with Crippen molar-refractivity contribution in [1.29, 1.82) is 0 Å². The summed E-state index contributed by atoms with van der Waals surface area (Å²) in [6.45, 7) is -0.669. The van der Waals surface area contributed by atoms with Crippen LogP contribution in [0.5, 0.6) is 0 Å². The smallest absolute Gasteiger partial charge is 0.332 e. The van der Waals surface area contributed by atoms with E-state index in [2.05, 4.69) is 0 Å². The van der Waals surface area contributed by atoms with Gasteiger partial charge in [0.1, 0.15) is 12.2 Å². The first-order chi connectivity index (χ1) is 8.99. The Morgan fingerprint density at radius 1 is 1.47 bits per heavy atom. The molecule has 0 aliphatic carbocycles. The van der Waals surface area contributed by atoms with E-state index in [1.807, 2.05) is 4.98 Å². The number of ether oxygens (including phenoxy) is 2. The summed E-state index contributed by atoms with van der Waals surface area (Å²) < 4.78 is 11.5. The first-order valence-corrected chi connectivity index (χ1v) is 5.64. The Morgan fingerprint density at radius 2 is 2.21 bits per heavy atom. The van der Waals surface area contributed by atoms with E-state index in [9.17, 15) is 19.8 Å². The van der Waals surface area contributed by atoms with E-state index in [-0.39, 0.29) is 12.3 Å². The normalized spacial score (nSPS) is 36.9. The van der Waals surface area contributed by atoms with Gasteiger partial charge in [0.2, 0.25) is 0 Å². The molecule has 0 bridgehead atoms. The molecule has 2 aliphatic rings. The van der Waals surface area contributed by atoms with Crippen molar-refractivity contribution in [2.75, 3.05) is 6.61 Å². The van der Waals surface area contributed by atoms with Gasteiger partial charge in [-0.2, -0.15) is 0 Å². The predicted octanol–water partition coefficient (Wildman–Crippen LogP) is -3.21. The molecule has 1 spiro atoms. The Labute approximate surface area is 105 Å². The lowest BCUT2D eigenvalue weighted by molar-refractivity contribution is -0.302. The lowest BCUT2D eigenvalue weighted by Gasteiger charge is -2.27. The lowest BCUT2D eigenvalue weighted by atomic mass is 10.1. The van der Waals surface area contributed by atoms with E-state index < -0.39 is 42.1 Å². The average molecular weight is 272 g/mol. The third-order valence-corrected chi connectivity index (χ3v) is 3.34. The second-order valence-electron chi connectivity index (χ2n) is 4.46. The molecule has 0 unspecified atom stereocenters. The van der Waals surface area contributed by atoms with Crippen LogP contribution in [0.1, 0.15) is 5.69 Å². The van der Waals surface area contributed by atoms with E-state index in [1.54, 1.807) is 0 Å². The standard InChI is InChI=1S/C10H12N2O7/c13-2-5-7(15)8(16)10(19-5)12-4(3-18-10)1-6(14)11-9(12)17/h1,5,7-8,13,15-16H,2-3H2,(H,11,14,17)/t5-,7-,8-,10-/m1/s1. The van der Waals surface area contributed by atoms with Crippen LogP contribution in [-0.2, 0) is 22.0 Å². The minimum atomic E-state index is -1.91. The molecule has 9 nitrogen and oxygen atoms in total. The highest BCUT2D eigenvalue weighted by Gasteiger charge is 2.60. The molecule has 104 valence electrons. The van der Waals surface area contributed by atoms with Crippen LogP contribution < -0.4 is 11.2 Å². The van der Waals surface area contributed by atoms with Crippen molar-refractivity contribution in [2.45, 2.75) is 30.8 Å². The number of hydrogen-bond donors (Lipinski definition) is 4. The van der Waals surface area contributed by atoms with Gasteiger partial charge in [0.15, 0.2) is 6.10 Å². The highest BCUT2D eigenvalue weighted by molar-refractivity contribution is 5.10. The Balaban J connectivity index is 2.17. The average Bonchev–Trinajstić information content (AvgIpc) is 2.84. The van der Waals surface area contributed by atoms with Crippen LogP contribution in [-0.4, -0.2) is 49.8 Å². The molecule has 0 saturated carbocycles. The SMILES string of the molecule is O=c1cc2n(c(=O)[nH]1)[C@]1(OC2)O[C@H](CO)[C@@H](O)[C@H]1O. The van der Waals surface area contributed by atoms with Crippen LogP contribution in [0.2, 0.25) is 0 Å². The molecule has 4 N–H and O–H groups in total. The molecule has 0 radical (unpaired) electrons. The van der Waals surface area contributed by atoms with Gasteiger partial charge in [-0.3, -0.25) is 9.78 Å². The summed E-state index contributed by atoms with van der Waals surface area (Å²) in [6.07, 6.45) is -4.05. The zero-order valence-corrected chi connectivity index (χ0v) is 9.65. The second-order valence-corrected chi connectivity index (χ2v) is 4.46. The van der Waals surface area contributed by atoms with Gasteiger partial charge in [-0.15, -0.1) is 0 Å². The van der Waals surface area contributed by atoms with E-state index in [4.69, 9.17) is 14.6 Å². The van der Waals surface area contributed by atoms with Crippen molar-refractivity contribution in [3.8, 4) is 0 Å². The van der Waals surface area contributed by atoms with Crippen molar-refractivity contribution in [2.24, 2.45) is 0 Å². The molecule has 0 aromatic carbocycles. The van der Waals surface area contributed by atoms with Crippen LogP contribution in [0.25, 0.3) is 0 Å². The van der Waals surface area contributed by atoms with Gasteiger partial charge >= 0.3 is 5.69 Å². The molecule has 9 heteroatoms. The van der Waals surface area contributed by atoms with Gasteiger partial charge in [-0.1, -0.05) is 0 Å².